The number of rotatable bonds is 13. The van der Waals surface area contributed by atoms with E-state index in [-0.39, 0.29) is 36.6 Å². The van der Waals surface area contributed by atoms with Crippen molar-refractivity contribution in [1.82, 2.24) is 19.5 Å². The number of H-pyrrole nitrogens is 1. The number of ether oxygens (including phenoxy) is 5. The van der Waals surface area contributed by atoms with Crippen molar-refractivity contribution in [3.8, 4) is 17.2 Å². The molecule has 1 saturated heterocycles. The molecule has 0 bridgehead atoms. The van der Waals surface area contributed by atoms with Gasteiger partial charge in [-0.3, -0.25) is 4.79 Å². The van der Waals surface area contributed by atoms with Gasteiger partial charge in [0.05, 0.1) is 26.9 Å². The fourth-order valence-corrected chi connectivity index (χ4v) is 6.44. The number of benzene rings is 4. The van der Waals surface area contributed by atoms with E-state index in [2.05, 4.69) is 20.3 Å². The minimum atomic E-state index is -1.14. The third-order valence-electron chi connectivity index (χ3n) is 9.01. The van der Waals surface area contributed by atoms with Gasteiger partial charge in [-0.25, -0.2) is 19.3 Å². The van der Waals surface area contributed by atoms with E-state index in [1.165, 1.54) is 10.9 Å². The molecule has 52 heavy (non-hydrogen) atoms. The first-order valence-electron chi connectivity index (χ1n) is 16.6. The molecule has 13 nitrogen and oxygen atoms in total. The molecule has 0 spiro atoms. The number of para-hydroxylation sites is 1. The van der Waals surface area contributed by atoms with Crippen molar-refractivity contribution in [3.63, 3.8) is 0 Å². The largest absolute Gasteiger partial charge is 0.497 e. The zero-order chi connectivity index (χ0) is 36.1. The van der Waals surface area contributed by atoms with E-state index in [1.54, 1.807) is 38.5 Å². The Morgan fingerprint density at radius 2 is 1.46 bits per heavy atom. The Hall–Kier alpha value is -6.02. The molecule has 0 unspecified atom stereocenters. The Morgan fingerprint density at radius 1 is 0.865 bits per heavy atom. The Morgan fingerprint density at radius 3 is 2.08 bits per heavy atom. The van der Waals surface area contributed by atoms with Crippen LogP contribution in [0.3, 0.4) is 0 Å². The van der Waals surface area contributed by atoms with Gasteiger partial charge in [0, 0.05) is 6.42 Å². The first kappa shape index (κ1) is 34.4. The number of aromatic amines is 1. The van der Waals surface area contributed by atoms with E-state index >= 15 is 0 Å². The molecule has 0 radical (unpaired) electrons. The summed E-state index contributed by atoms with van der Waals surface area (Å²) in [4.78, 5) is 37.3. The Balaban J connectivity index is 1.15. The van der Waals surface area contributed by atoms with Crippen LogP contribution in [0.4, 0.5) is 5.82 Å². The van der Waals surface area contributed by atoms with Gasteiger partial charge in [0.15, 0.2) is 18.1 Å². The molecular formula is C39H37N5O8. The van der Waals surface area contributed by atoms with Crippen LogP contribution in [-0.4, -0.2) is 70.2 Å². The van der Waals surface area contributed by atoms with E-state index in [0.717, 1.165) is 16.7 Å². The number of hydrogen-bond donors (Lipinski definition) is 3. The summed E-state index contributed by atoms with van der Waals surface area (Å²) in [5.41, 5.74) is 1.23. The number of aromatic nitrogens is 4. The maximum Gasteiger partial charge on any atom is 0.329 e. The second-order valence-corrected chi connectivity index (χ2v) is 12.1. The van der Waals surface area contributed by atoms with Crippen LogP contribution in [0.25, 0.3) is 11.2 Å². The number of methoxy groups -OCH3 is 2. The van der Waals surface area contributed by atoms with Crippen molar-refractivity contribution in [2.24, 2.45) is 0 Å². The highest BCUT2D eigenvalue weighted by Crippen LogP contribution is 2.43. The van der Waals surface area contributed by atoms with Crippen LogP contribution in [0.15, 0.2) is 120 Å². The highest BCUT2D eigenvalue weighted by Gasteiger charge is 2.42. The molecule has 1 aliphatic heterocycles. The molecule has 7 rings (SSSR count). The van der Waals surface area contributed by atoms with Gasteiger partial charge in [-0.2, -0.15) is 0 Å². The smallest absolute Gasteiger partial charge is 0.329 e. The quantitative estimate of drug-likeness (QED) is 0.143. The van der Waals surface area contributed by atoms with Crippen LogP contribution in [0, 0.1) is 0 Å². The van der Waals surface area contributed by atoms with Crippen LogP contribution in [0.2, 0.25) is 0 Å². The van der Waals surface area contributed by atoms with Gasteiger partial charge in [-0.15, -0.1) is 0 Å². The molecule has 1 aliphatic rings. The number of aliphatic hydroxyl groups excluding tert-OH is 1. The summed E-state index contributed by atoms with van der Waals surface area (Å²) in [6, 6.07) is 34.0. The molecule has 4 aromatic carbocycles. The van der Waals surface area contributed by atoms with E-state index < -0.39 is 35.6 Å². The Bertz CT molecular complexity index is 2130. The zero-order valence-electron chi connectivity index (χ0n) is 28.5. The van der Waals surface area contributed by atoms with E-state index in [9.17, 15) is 14.7 Å². The topological polar surface area (TPSA) is 159 Å². The van der Waals surface area contributed by atoms with Crippen molar-refractivity contribution in [1.29, 1.82) is 0 Å². The predicted molar refractivity (Wildman–Crippen MR) is 192 cm³/mol. The molecule has 3 atom stereocenters. The van der Waals surface area contributed by atoms with Gasteiger partial charge < -0.3 is 39.1 Å². The fourth-order valence-electron chi connectivity index (χ4n) is 6.44. The summed E-state index contributed by atoms with van der Waals surface area (Å²) in [7, 11) is 3.22. The van der Waals surface area contributed by atoms with Crippen molar-refractivity contribution >= 4 is 22.9 Å². The molecule has 3 heterocycles. The number of fused-ring (bicyclic) bond motifs is 1. The second-order valence-electron chi connectivity index (χ2n) is 12.1. The molecular weight excluding hydrogens is 666 g/mol. The molecule has 3 N–H and O–H groups in total. The number of carbonyl (C=O) groups is 1. The van der Waals surface area contributed by atoms with E-state index in [1.807, 2.05) is 84.9 Å². The normalized spacial score (nSPS) is 17.2. The number of aliphatic hydroxyl groups is 1. The lowest BCUT2D eigenvalue weighted by atomic mass is 9.80. The SMILES string of the molecule is COc1ccc(C(OC[C@H]2O[C@@H](n3c(=O)[nH]c4c(NC(=O)COc5ccccc5)ncnc43)C[C@H]2O)(c2ccccc2)c2ccc(OC)cc2)cc1. The molecule has 0 aliphatic carbocycles. The maximum absolute atomic E-state index is 13.4. The third-order valence-corrected chi connectivity index (χ3v) is 9.01. The number of hydrogen-bond acceptors (Lipinski definition) is 10. The first-order chi connectivity index (χ1) is 25.4. The number of carbonyl (C=O) groups excluding carboxylic acids is 1. The highest BCUT2D eigenvalue weighted by atomic mass is 16.6. The lowest BCUT2D eigenvalue weighted by Gasteiger charge is -2.37. The number of nitrogens with zero attached hydrogens (tertiary/aromatic N) is 3. The molecule has 13 heteroatoms. The summed E-state index contributed by atoms with van der Waals surface area (Å²) < 4.78 is 31.0. The van der Waals surface area contributed by atoms with Crippen LogP contribution in [0.1, 0.15) is 29.3 Å². The maximum atomic E-state index is 13.4. The molecule has 266 valence electrons. The summed E-state index contributed by atoms with van der Waals surface area (Å²) in [6.45, 7) is -0.309. The summed E-state index contributed by atoms with van der Waals surface area (Å²) in [5.74, 6) is 1.54. The fraction of sp³-hybridized carbons (Fsp3) is 0.231. The van der Waals surface area contributed by atoms with Crippen LogP contribution >= 0.6 is 0 Å². The minimum absolute atomic E-state index is 0.0422. The first-order valence-corrected chi connectivity index (χ1v) is 16.6. The summed E-state index contributed by atoms with van der Waals surface area (Å²) in [6.07, 6.45) is -1.38. The van der Waals surface area contributed by atoms with Crippen LogP contribution < -0.4 is 25.2 Å². The van der Waals surface area contributed by atoms with Crippen molar-refractivity contribution in [2.45, 2.75) is 30.5 Å². The van der Waals surface area contributed by atoms with Crippen molar-refractivity contribution in [2.75, 3.05) is 32.8 Å². The predicted octanol–water partition coefficient (Wildman–Crippen LogP) is 4.81. The van der Waals surface area contributed by atoms with Crippen molar-refractivity contribution < 1.29 is 33.6 Å². The molecule has 6 aromatic rings. The Kier molecular flexibility index (Phi) is 9.98. The lowest BCUT2D eigenvalue weighted by molar-refractivity contribution is -0.118. The lowest BCUT2D eigenvalue weighted by Crippen LogP contribution is -2.38. The number of amides is 1. The molecule has 1 amide bonds. The number of imidazole rings is 1. The molecule has 1 fully saturated rings. The van der Waals surface area contributed by atoms with Gasteiger partial charge in [-0.1, -0.05) is 72.8 Å². The van der Waals surface area contributed by atoms with Gasteiger partial charge in [0.1, 0.15) is 47.0 Å². The van der Waals surface area contributed by atoms with E-state index in [4.69, 9.17) is 23.7 Å². The number of anilines is 1. The zero-order valence-corrected chi connectivity index (χ0v) is 28.5. The van der Waals surface area contributed by atoms with Gasteiger partial charge in [-0.05, 0) is 53.1 Å². The highest BCUT2D eigenvalue weighted by molar-refractivity contribution is 5.97. The number of nitrogens with one attached hydrogen (secondary N) is 2. The summed E-state index contributed by atoms with van der Waals surface area (Å²) >= 11 is 0. The van der Waals surface area contributed by atoms with E-state index in [0.29, 0.717) is 17.2 Å². The van der Waals surface area contributed by atoms with Crippen LogP contribution in [0.5, 0.6) is 17.2 Å². The minimum Gasteiger partial charge on any atom is -0.497 e. The van der Waals surface area contributed by atoms with Gasteiger partial charge >= 0.3 is 5.69 Å². The molecule has 2 aromatic heterocycles. The average Bonchev–Trinajstić information content (AvgIpc) is 3.73. The monoisotopic (exact) mass is 703 g/mol. The van der Waals surface area contributed by atoms with Gasteiger partial charge in [0.25, 0.3) is 5.91 Å². The van der Waals surface area contributed by atoms with Crippen LogP contribution in [-0.2, 0) is 19.9 Å². The standard InChI is InChI=1S/C39H37N5O8/c1-48-28-17-13-26(14-18-28)39(25-9-5-3-6-10-25,27-15-19-29(49-2)20-16-27)51-22-32-31(45)21-34(52-32)44-37-35(43-38(44)47)36(40-24-41-37)42-33(46)23-50-30-11-7-4-8-12-30/h3-20,24,31-32,34,45H,21-23H2,1-2H3,(H,43,47)(H,40,41,42,46)/t31-,32-,34-/m1/s1. The Labute approximate surface area is 298 Å². The van der Waals surface area contributed by atoms with Gasteiger partial charge in [0.2, 0.25) is 0 Å². The molecule has 0 saturated carbocycles. The second kappa shape index (κ2) is 15.1. The van der Waals surface area contributed by atoms with Crippen molar-refractivity contribution in [3.05, 3.63) is 143 Å². The summed E-state index contributed by atoms with van der Waals surface area (Å²) in [5, 5.41) is 14.0. The average molecular weight is 704 g/mol. The third kappa shape index (κ3) is 6.84.